The summed E-state index contributed by atoms with van der Waals surface area (Å²) >= 11 is 3.89. The van der Waals surface area contributed by atoms with Gasteiger partial charge in [-0.05, 0) is 51.7 Å². The Kier molecular flexibility index (Phi) is 4.89. The standard InChI is InChI=1S/C21H29BrNO2/c1-21(2,3)25-20(24)15-11-12-16-17(13-15)23(4,5)19(22)18(16)14-9-7-6-8-10-14/h11-14H,6-10H2,1-5H3/q+1. The SMILES string of the molecule is CC(C)(C)OC(=O)c1ccc2c(c1)[N+](C)(C)C(Br)=C2C1CCCCC1. The van der Waals surface area contributed by atoms with E-state index in [9.17, 15) is 4.79 Å². The van der Waals surface area contributed by atoms with Crippen molar-refractivity contribution in [2.45, 2.75) is 58.5 Å². The first-order valence-electron chi connectivity index (χ1n) is 9.24. The number of fused-ring (bicyclic) bond motifs is 1. The lowest BCUT2D eigenvalue weighted by molar-refractivity contribution is 0.00695. The highest BCUT2D eigenvalue weighted by Gasteiger charge is 2.41. The molecule has 0 unspecified atom stereocenters. The second kappa shape index (κ2) is 6.55. The maximum Gasteiger partial charge on any atom is 0.338 e. The number of carbonyl (C=O) groups is 1. The first-order valence-corrected chi connectivity index (χ1v) is 10.0. The van der Waals surface area contributed by atoms with E-state index in [4.69, 9.17) is 4.74 Å². The number of benzene rings is 1. The molecule has 2 aliphatic rings. The molecule has 0 aromatic heterocycles. The number of carbonyl (C=O) groups excluding carboxylic acids is 1. The number of hydrogen-bond donors (Lipinski definition) is 0. The van der Waals surface area contributed by atoms with Crippen LogP contribution in [-0.2, 0) is 4.74 Å². The van der Waals surface area contributed by atoms with Gasteiger partial charge in [0.05, 0.1) is 19.7 Å². The van der Waals surface area contributed by atoms with Gasteiger partial charge in [-0.2, -0.15) is 0 Å². The van der Waals surface area contributed by atoms with E-state index in [-0.39, 0.29) is 5.97 Å². The molecule has 3 rings (SSSR count). The summed E-state index contributed by atoms with van der Waals surface area (Å²) in [6.45, 7) is 5.70. The van der Waals surface area contributed by atoms with Crippen molar-refractivity contribution in [2.75, 3.05) is 14.1 Å². The van der Waals surface area contributed by atoms with Crippen molar-refractivity contribution >= 4 is 33.2 Å². The Morgan fingerprint density at radius 2 is 1.80 bits per heavy atom. The van der Waals surface area contributed by atoms with E-state index >= 15 is 0 Å². The zero-order valence-electron chi connectivity index (χ0n) is 16.0. The fourth-order valence-corrected chi connectivity index (χ4v) is 4.71. The number of allylic oxidation sites excluding steroid dienone is 1. The molecule has 1 aromatic carbocycles. The van der Waals surface area contributed by atoms with Gasteiger partial charge in [0.25, 0.3) is 0 Å². The van der Waals surface area contributed by atoms with Crippen LogP contribution in [0.15, 0.2) is 22.8 Å². The van der Waals surface area contributed by atoms with Crippen molar-refractivity contribution in [3.63, 3.8) is 0 Å². The van der Waals surface area contributed by atoms with Gasteiger partial charge in [0.15, 0.2) is 4.61 Å². The van der Waals surface area contributed by atoms with Gasteiger partial charge in [0, 0.05) is 33.1 Å². The van der Waals surface area contributed by atoms with Gasteiger partial charge in [-0.25, -0.2) is 4.79 Å². The summed E-state index contributed by atoms with van der Waals surface area (Å²) in [6, 6.07) is 6.05. The minimum atomic E-state index is -0.480. The molecule has 1 saturated carbocycles. The largest absolute Gasteiger partial charge is 0.456 e. The zero-order chi connectivity index (χ0) is 18.4. The van der Waals surface area contributed by atoms with Crippen LogP contribution in [0.3, 0.4) is 0 Å². The first-order chi connectivity index (χ1) is 11.6. The van der Waals surface area contributed by atoms with Gasteiger partial charge < -0.3 is 4.74 Å². The lowest BCUT2D eigenvalue weighted by Gasteiger charge is -2.26. The average molecular weight is 407 g/mol. The Hall–Kier alpha value is -1.13. The van der Waals surface area contributed by atoms with Crippen LogP contribution in [-0.4, -0.2) is 25.7 Å². The molecule has 0 radical (unpaired) electrons. The molecule has 1 aliphatic carbocycles. The number of halogens is 1. The molecule has 25 heavy (non-hydrogen) atoms. The topological polar surface area (TPSA) is 26.3 Å². The molecule has 0 amide bonds. The summed E-state index contributed by atoms with van der Waals surface area (Å²) in [5, 5.41) is 0. The number of ether oxygens (including phenoxy) is 1. The highest BCUT2D eigenvalue weighted by molar-refractivity contribution is 9.11. The molecule has 0 saturated heterocycles. The third kappa shape index (κ3) is 3.56. The minimum Gasteiger partial charge on any atom is -0.456 e. The summed E-state index contributed by atoms with van der Waals surface area (Å²) < 4.78 is 7.43. The molecule has 0 spiro atoms. The fourth-order valence-electron chi connectivity index (χ4n) is 3.98. The maximum absolute atomic E-state index is 12.5. The number of quaternary nitrogens is 1. The summed E-state index contributed by atoms with van der Waals surface area (Å²) in [7, 11) is 4.36. The van der Waals surface area contributed by atoms with Gasteiger partial charge in [-0.1, -0.05) is 19.3 Å². The van der Waals surface area contributed by atoms with Crippen LogP contribution in [0.25, 0.3) is 5.57 Å². The van der Waals surface area contributed by atoms with Crippen molar-refractivity contribution < 1.29 is 9.53 Å². The Labute approximate surface area is 159 Å². The Bertz CT molecular complexity index is 722. The van der Waals surface area contributed by atoms with Crippen molar-refractivity contribution in [1.82, 2.24) is 4.48 Å². The number of hydrogen-bond acceptors (Lipinski definition) is 2. The molecule has 0 N–H and O–H groups in total. The van der Waals surface area contributed by atoms with Crippen LogP contribution >= 0.6 is 15.9 Å². The van der Waals surface area contributed by atoms with E-state index in [0.717, 1.165) is 0 Å². The summed E-state index contributed by atoms with van der Waals surface area (Å²) in [5.41, 5.74) is 4.06. The highest BCUT2D eigenvalue weighted by Crippen LogP contribution is 2.51. The number of esters is 1. The minimum absolute atomic E-state index is 0.252. The molecular weight excluding hydrogens is 378 g/mol. The van der Waals surface area contributed by atoms with Crippen LogP contribution in [0, 0.1) is 5.92 Å². The molecule has 1 fully saturated rings. The van der Waals surface area contributed by atoms with E-state index in [1.807, 2.05) is 32.9 Å². The van der Waals surface area contributed by atoms with Crippen molar-refractivity contribution in [3.05, 3.63) is 33.9 Å². The number of nitrogens with zero attached hydrogens (tertiary/aromatic N) is 1. The van der Waals surface area contributed by atoms with Gasteiger partial charge in [-0.15, -0.1) is 0 Å². The molecular formula is C21H29BrNO2+. The first kappa shape index (κ1) is 18.7. The van der Waals surface area contributed by atoms with E-state index < -0.39 is 5.60 Å². The van der Waals surface area contributed by atoms with Crippen LogP contribution in [0.4, 0.5) is 5.69 Å². The second-order valence-electron chi connectivity index (χ2n) is 8.73. The van der Waals surface area contributed by atoms with E-state index in [2.05, 4.69) is 36.1 Å². The molecule has 3 nitrogen and oxygen atoms in total. The van der Waals surface area contributed by atoms with Crippen LogP contribution in [0.5, 0.6) is 0 Å². The lowest BCUT2D eigenvalue weighted by Crippen LogP contribution is -2.35. The predicted octanol–water partition coefficient (Wildman–Crippen LogP) is 5.87. The molecule has 0 atom stereocenters. The van der Waals surface area contributed by atoms with Crippen molar-refractivity contribution in [1.29, 1.82) is 0 Å². The fraction of sp³-hybridized carbons (Fsp3) is 0.571. The quantitative estimate of drug-likeness (QED) is 0.348. The maximum atomic E-state index is 12.5. The van der Waals surface area contributed by atoms with Crippen LogP contribution < -0.4 is 4.48 Å². The highest BCUT2D eigenvalue weighted by atomic mass is 79.9. The summed E-state index contributed by atoms with van der Waals surface area (Å²) in [5.74, 6) is 0.367. The zero-order valence-corrected chi connectivity index (χ0v) is 17.6. The molecule has 1 aromatic rings. The van der Waals surface area contributed by atoms with Crippen LogP contribution in [0.1, 0.15) is 68.8 Å². The van der Waals surface area contributed by atoms with Crippen molar-refractivity contribution in [3.8, 4) is 0 Å². The Morgan fingerprint density at radius 1 is 1.16 bits per heavy atom. The van der Waals surface area contributed by atoms with E-state index in [1.54, 1.807) is 0 Å². The Morgan fingerprint density at radius 3 is 2.40 bits per heavy atom. The van der Waals surface area contributed by atoms with Crippen molar-refractivity contribution in [2.24, 2.45) is 5.92 Å². The van der Waals surface area contributed by atoms with Gasteiger partial charge in [0.1, 0.15) is 11.3 Å². The normalized spacial score (nSPS) is 20.6. The lowest BCUT2D eigenvalue weighted by atomic mass is 9.81. The Balaban J connectivity index is 1.98. The predicted molar refractivity (Wildman–Crippen MR) is 108 cm³/mol. The monoisotopic (exact) mass is 406 g/mol. The van der Waals surface area contributed by atoms with Gasteiger partial charge in [0.2, 0.25) is 0 Å². The van der Waals surface area contributed by atoms with E-state index in [1.165, 1.54) is 53.5 Å². The smallest absolute Gasteiger partial charge is 0.338 e. The molecule has 136 valence electrons. The molecule has 4 heteroatoms. The molecule has 1 heterocycles. The van der Waals surface area contributed by atoms with E-state index in [0.29, 0.717) is 16.0 Å². The third-order valence-electron chi connectivity index (χ3n) is 5.25. The molecule has 1 aliphatic heterocycles. The molecule has 0 bridgehead atoms. The number of rotatable bonds is 2. The average Bonchev–Trinajstić information content (AvgIpc) is 2.73. The van der Waals surface area contributed by atoms with Crippen LogP contribution in [0.2, 0.25) is 0 Å². The van der Waals surface area contributed by atoms with Gasteiger partial charge in [-0.3, -0.25) is 4.48 Å². The summed E-state index contributed by atoms with van der Waals surface area (Å²) in [4.78, 5) is 12.5. The second-order valence-corrected chi connectivity index (χ2v) is 9.48. The van der Waals surface area contributed by atoms with Gasteiger partial charge >= 0.3 is 5.97 Å². The summed E-state index contributed by atoms with van der Waals surface area (Å²) in [6.07, 6.45) is 6.50. The third-order valence-corrected chi connectivity index (χ3v) is 6.56.